The van der Waals surface area contributed by atoms with E-state index in [9.17, 15) is 4.79 Å². The van der Waals surface area contributed by atoms with Crippen LogP contribution in [0.15, 0.2) is 36.9 Å². The van der Waals surface area contributed by atoms with Crippen LogP contribution in [0.25, 0.3) is 0 Å². The summed E-state index contributed by atoms with van der Waals surface area (Å²) in [7, 11) is 0. The number of nitrogens with one attached hydrogen (secondary N) is 2. The Morgan fingerprint density at radius 3 is 2.88 bits per heavy atom. The van der Waals surface area contributed by atoms with Crippen LogP contribution >= 0.6 is 0 Å². The van der Waals surface area contributed by atoms with Gasteiger partial charge in [-0.05, 0) is 18.1 Å². The number of rotatable bonds is 7. The third kappa shape index (κ3) is 4.72. The molecule has 0 aliphatic rings. The van der Waals surface area contributed by atoms with Gasteiger partial charge in [0.05, 0.1) is 0 Å². The largest absolute Gasteiger partial charge is 0.384 e. The molecule has 0 atom stereocenters. The van der Waals surface area contributed by atoms with Crippen LogP contribution in [0.5, 0.6) is 0 Å². The first kappa shape index (κ1) is 13.3. The normalized spacial score (nSPS) is 9.71. The van der Waals surface area contributed by atoms with Crippen molar-refractivity contribution in [1.82, 2.24) is 5.32 Å². The van der Waals surface area contributed by atoms with E-state index in [-0.39, 0.29) is 5.91 Å². The second-order valence-electron chi connectivity index (χ2n) is 3.78. The molecule has 0 radical (unpaired) electrons. The van der Waals surface area contributed by atoms with Gasteiger partial charge in [-0.1, -0.05) is 31.2 Å². The van der Waals surface area contributed by atoms with Crippen molar-refractivity contribution in [2.75, 3.05) is 18.4 Å². The minimum atomic E-state index is 0.0476. The first-order chi connectivity index (χ1) is 8.27. The van der Waals surface area contributed by atoms with Gasteiger partial charge >= 0.3 is 0 Å². The molecule has 3 nitrogen and oxygen atoms in total. The van der Waals surface area contributed by atoms with Crippen LogP contribution in [0.1, 0.15) is 18.9 Å². The molecule has 0 spiro atoms. The monoisotopic (exact) mass is 232 g/mol. The van der Waals surface area contributed by atoms with Crippen LogP contribution in [0, 0.1) is 0 Å². The van der Waals surface area contributed by atoms with Crippen LogP contribution in [0.4, 0.5) is 5.69 Å². The van der Waals surface area contributed by atoms with Crippen molar-refractivity contribution >= 4 is 11.6 Å². The quantitative estimate of drug-likeness (QED) is 0.709. The zero-order valence-electron chi connectivity index (χ0n) is 10.3. The predicted octanol–water partition coefficient (Wildman–Crippen LogP) is 2.35. The molecule has 0 unspecified atom stereocenters. The number of aryl methyl sites for hydroxylation is 1. The highest BCUT2D eigenvalue weighted by atomic mass is 16.1. The summed E-state index contributed by atoms with van der Waals surface area (Å²) in [6.45, 7) is 6.86. The number of carbonyl (C=O) groups excluding carboxylic acids is 1. The molecule has 0 bridgehead atoms. The number of benzene rings is 1. The van der Waals surface area contributed by atoms with Gasteiger partial charge in [0.15, 0.2) is 0 Å². The van der Waals surface area contributed by atoms with Crippen LogP contribution in [-0.4, -0.2) is 19.0 Å². The molecule has 1 rings (SSSR count). The highest BCUT2D eigenvalue weighted by Gasteiger charge is 2.01. The summed E-state index contributed by atoms with van der Waals surface area (Å²) in [4.78, 5) is 11.3. The second kappa shape index (κ2) is 7.49. The maximum absolute atomic E-state index is 11.3. The Balaban J connectivity index is 2.35. The molecular weight excluding hydrogens is 212 g/mol. The Kier molecular flexibility index (Phi) is 5.86. The molecule has 1 aromatic rings. The van der Waals surface area contributed by atoms with Crippen molar-refractivity contribution in [3.05, 3.63) is 42.5 Å². The van der Waals surface area contributed by atoms with Crippen LogP contribution in [0.2, 0.25) is 0 Å². The first-order valence-corrected chi connectivity index (χ1v) is 5.97. The van der Waals surface area contributed by atoms with E-state index in [1.807, 2.05) is 18.2 Å². The average Bonchev–Trinajstić information content (AvgIpc) is 2.37. The lowest BCUT2D eigenvalue weighted by Gasteiger charge is -2.10. The number of para-hydroxylation sites is 1. The topological polar surface area (TPSA) is 41.1 Å². The van der Waals surface area contributed by atoms with E-state index in [1.165, 1.54) is 5.56 Å². The SMILES string of the molecule is C=CCNC(=O)CCNc1ccccc1CC. The summed E-state index contributed by atoms with van der Waals surface area (Å²) in [5.41, 5.74) is 2.39. The third-order valence-electron chi connectivity index (χ3n) is 2.51. The summed E-state index contributed by atoms with van der Waals surface area (Å²) in [6.07, 6.45) is 3.15. The van der Waals surface area contributed by atoms with Crippen molar-refractivity contribution < 1.29 is 4.79 Å². The molecule has 2 N–H and O–H groups in total. The Hall–Kier alpha value is -1.77. The van der Waals surface area contributed by atoms with Crippen LogP contribution in [-0.2, 0) is 11.2 Å². The molecule has 17 heavy (non-hydrogen) atoms. The van der Waals surface area contributed by atoms with Gasteiger partial charge in [0.2, 0.25) is 5.91 Å². The zero-order chi connectivity index (χ0) is 12.5. The molecule has 0 aliphatic heterocycles. The molecule has 3 heteroatoms. The Labute approximate surface area is 103 Å². The summed E-state index contributed by atoms with van der Waals surface area (Å²) in [5, 5.41) is 6.04. The molecule has 0 fully saturated rings. The molecule has 0 aromatic heterocycles. The number of amides is 1. The second-order valence-corrected chi connectivity index (χ2v) is 3.78. The molecule has 0 saturated heterocycles. The van der Waals surface area contributed by atoms with E-state index in [2.05, 4.69) is 30.2 Å². The van der Waals surface area contributed by atoms with Crippen molar-refractivity contribution in [2.24, 2.45) is 0 Å². The van der Waals surface area contributed by atoms with Gasteiger partial charge in [-0.3, -0.25) is 4.79 Å². The molecule has 0 saturated carbocycles. The zero-order valence-corrected chi connectivity index (χ0v) is 10.3. The van der Waals surface area contributed by atoms with Crippen molar-refractivity contribution in [3.8, 4) is 0 Å². The lowest BCUT2D eigenvalue weighted by molar-refractivity contribution is -0.120. The minimum absolute atomic E-state index is 0.0476. The van der Waals surface area contributed by atoms with E-state index in [1.54, 1.807) is 6.08 Å². The summed E-state index contributed by atoms with van der Waals surface area (Å²) in [5.74, 6) is 0.0476. The highest BCUT2D eigenvalue weighted by Crippen LogP contribution is 2.14. The first-order valence-electron chi connectivity index (χ1n) is 5.97. The molecule has 1 amide bonds. The lowest BCUT2D eigenvalue weighted by Crippen LogP contribution is -2.25. The number of carbonyl (C=O) groups is 1. The predicted molar refractivity (Wildman–Crippen MR) is 72.1 cm³/mol. The number of hydrogen-bond acceptors (Lipinski definition) is 2. The maximum Gasteiger partial charge on any atom is 0.222 e. The van der Waals surface area contributed by atoms with Crippen molar-refractivity contribution in [2.45, 2.75) is 19.8 Å². The van der Waals surface area contributed by atoms with Gasteiger partial charge in [-0.25, -0.2) is 0 Å². The van der Waals surface area contributed by atoms with E-state index in [0.29, 0.717) is 19.5 Å². The van der Waals surface area contributed by atoms with Crippen LogP contribution < -0.4 is 10.6 Å². The van der Waals surface area contributed by atoms with Gasteiger partial charge < -0.3 is 10.6 Å². The van der Waals surface area contributed by atoms with Crippen LogP contribution in [0.3, 0.4) is 0 Å². The standard InChI is InChI=1S/C14H20N2O/c1-3-10-16-14(17)9-11-15-13-8-6-5-7-12(13)4-2/h3,5-8,15H,1,4,9-11H2,2H3,(H,16,17). The number of anilines is 1. The van der Waals surface area contributed by atoms with Gasteiger partial charge in [0.1, 0.15) is 0 Å². The highest BCUT2D eigenvalue weighted by molar-refractivity contribution is 5.76. The van der Waals surface area contributed by atoms with Gasteiger partial charge in [-0.15, -0.1) is 6.58 Å². The smallest absolute Gasteiger partial charge is 0.222 e. The molecule has 0 aliphatic carbocycles. The number of hydrogen-bond donors (Lipinski definition) is 2. The summed E-state index contributed by atoms with van der Waals surface area (Å²) < 4.78 is 0. The third-order valence-corrected chi connectivity index (χ3v) is 2.51. The van der Waals surface area contributed by atoms with Crippen molar-refractivity contribution in [1.29, 1.82) is 0 Å². The Morgan fingerprint density at radius 1 is 1.41 bits per heavy atom. The Bertz CT molecular complexity index is 374. The van der Waals surface area contributed by atoms with Crippen molar-refractivity contribution in [3.63, 3.8) is 0 Å². The minimum Gasteiger partial charge on any atom is -0.384 e. The fraction of sp³-hybridized carbons (Fsp3) is 0.357. The lowest BCUT2D eigenvalue weighted by atomic mass is 10.1. The molecular formula is C14H20N2O. The fourth-order valence-electron chi connectivity index (χ4n) is 1.59. The average molecular weight is 232 g/mol. The summed E-state index contributed by atoms with van der Waals surface area (Å²) >= 11 is 0. The summed E-state index contributed by atoms with van der Waals surface area (Å²) in [6, 6.07) is 8.17. The fourth-order valence-corrected chi connectivity index (χ4v) is 1.59. The van der Waals surface area contributed by atoms with Gasteiger partial charge in [0, 0.05) is 25.2 Å². The van der Waals surface area contributed by atoms with E-state index < -0.39 is 0 Å². The molecule has 1 aromatic carbocycles. The van der Waals surface area contributed by atoms with Gasteiger partial charge in [-0.2, -0.15) is 0 Å². The maximum atomic E-state index is 11.3. The Morgan fingerprint density at radius 2 is 2.18 bits per heavy atom. The van der Waals surface area contributed by atoms with E-state index in [0.717, 1.165) is 12.1 Å². The van der Waals surface area contributed by atoms with Gasteiger partial charge in [0.25, 0.3) is 0 Å². The van der Waals surface area contributed by atoms with E-state index in [4.69, 9.17) is 0 Å². The van der Waals surface area contributed by atoms with E-state index >= 15 is 0 Å². The molecule has 0 heterocycles. The molecule has 92 valence electrons.